The van der Waals surface area contributed by atoms with Gasteiger partial charge in [-0.05, 0) is 42.4 Å². The molecular weight excluding hydrogens is 340 g/mol. The largest absolute Gasteiger partial charge is 0.497 e. The molecular formula is C19H25ClN2O3. The van der Waals surface area contributed by atoms with Crippen LogP contribution in [0.5, 0.6) is 11.5 Å². The second kappa shape index (κ2) is 11.3. The fourth-order valence-corrected chi connectivity index (χ4v) is 2.20. The van der Waals surface area contributed by atoms with Crippen molar-refractivity contribution in [2.75, 3.05) is 25.6 Å². The van der Waals surface area contributed by atoms with Crippen molar-refractivity contribution in [2.24, 2.45) is 0 Å². The summed E-state index contributed by atoms with van der Waals surface area (Å²) >= 11 is 0. The van der Waals surface area contributed by atoms with Crippen LogP contribution in [-0.2, 0) is 11.3 Å². The van der Waals surface area contributed by atoms with Crippen molar-refractivity contribution >= 4 is 24.0 Å². The van der Waals surface area contributed by atoms with Crippen LogP contribution < -0.4 is 20.1 Å². The van der Waals surface area contributed by atoms with Gasteiger partial charge in [0, 0.05) is 12.2 Å². The molecule has 0 saturated carbocycles. The van der Waals surface area contributed by atoms with Crippen LogP contribution in [0.1, 0.15) is 18.9 Å². The third-order valence-electron chi connectivity index (χ3n) is 3.51. The summed E-state index contributed by atoms with van der Waals surface area (Å²) in [6.45, 7) is 4.00. The topological polar surface area (TPSA) is 59.6 Å². The van der Waals surface area contributed by atoms with Gasteiger partial charge in [0.25, 0.3) is 0 Å². The summed E-state index contributed by atoms with van der Waals surface area (Å²) in [5.74, 6) is 1.43. The van der Waals surface area contributed by atoms with E-state index >= 15 is 0 Å². The maximum Gasteiger partial charge on any atom is 0.227 e. The van der Waals surface area contributed by atoms with E-state index in [0.29, 0.717) is 13.0 Å². The van der Waals surface area contributed by atoms with Gasteiger partial charge < -0.3 is 20.1 Å². The van der Waals surface area contributed by atoms with Gasteiger partial charge in [0.05, 0.1) is 20.1 Å². The number of benzene rings is 2. The molecule has 2 aromatic carbocycles. The number of hydrogen-bond acceptors (Lipinski definition) is 4. The minimum atomic E-state index is -0.0625. The molecule has 0 unspecified atom stereocenters. The first-order chi connectivity index (χ1) is 11.7. The van der Waals surface area contributed by atoms with Crippen molar-refractivity contribution in [3.05, 3.63) is 54.1 Å². The van der Waals surface area contributed by atoms with Crippen LogP contribution in [0.4, 0.5) is 5.69 Å². The Morgan fingerprint density at radius 1 is 1.04 bits per heavy atom. The maximum absolute atomic E-state index is 12.1. The molecule has 25 heavy (non-hydrogen) atoms. The molecule has 0 saturated heterocycles. The lowest BCUT2D eigenvalue weighted by molar-refractivity contribution is -0.116. The highest BCUT2D eigenvalue weighted by molar-refractivity contribution is 5.91. The van der Waals surface area contributed by atoms with Gasteiger partial charge in [0.1, 0.15) is 11.5 Å². The molecule has 0 spiro atoms. The lowest BCUT2D eigenvalue weighted by atomic mass is 10.1. The fraction of sp³-hybridized carbons (Fsp3) is 0.316. The second-order valence-electron chi connectivity index (χ2n) is 5.26. The summed E-state index contributed by atoms with van der Waals surface area (Å²) in [7, 11) is 1.62. The van der Waals surface area contributed by atoms with E-state index in [1.807, 2.05) is 48.5 Å². The molecule has 2 N–H and O–H groups in total. The zero-order valence-electron chi connectivity index (χ0n) is 14.6. The van der Waals surface area contributed by atoms with Crippen molar-refractivity contribution in [3.63, 3.8) is 0 Å². The van der Waals surface area contributed by atoms with Crippen LogP contribution in [0, 0.1) is 0 Å². The van der Waals surface area contributed by atoms with E-state index in [9.17, 15) is 4.79 Å². The minimum absolute atomic E-state index is 0. The first-order valence-electron chi connectivity index (χ1n) is 8.08. The van der Waals surface area contributed by atoms with E-state index in [1.165, 1.54) is 0 Å². The molecule has 1 amide bonds. The van der Waals surface area contributed by atoms with E-state index in [1.54, 1.807) is 7.11 Å². The van der Waals surface area contributed by atoms with Crippen LogP contribution >= 0.6 is 12.4 Å². The monoisotopic (exact) mass is 364 g/mol. The Hall–Kier alpha value is -2.24. The smallest absolute Gasteiger partial charge is 0.227 e. The Bertz CT molecular complexity index is 647. The Balaban J connectivity index is 0.00000312. The molecule has 0 fully saturated rings. The summed E-state index contributed by atoms with van der Waals surface area (Å²) in [5, 5.41) is 6.21. The number of carbonyl (C=O) groups is 1. The lowest BCUT2D eigenvalue weighted by Crippen LogP contribution is -2.18. The molecule has 136 valence electrons. The summed E-state index contributed by atoms with van der Waals surface area (Å²) in [6, 6.07) is 15.1. The number of anilines is 1. The highest BCUT2D eigenvalue weighted by atomic mass is 35.5. The molecule has 2 aromatic rings. The number of amides is 1. The Morgan fingerprint density at radius 2 is 1.72 bits per heavy atom. The Kier molecular flexibility index (Phi) is 9.43. The number of para-hydroxylation sites is 1. The SMILES string of the molecule is CCNCc1ccccc1NC(=O)CCOc1ccc(OC)cc1.Cl. The number of hydrogen-bond donors (Lipinski definition) is 2. The number of ether oxygens (including phenoxy) is 2. The van der Waals surface area contributed by atoms with Gasteiger partial charge in [-0.15, -0.1) is 12.4 Å². The highest BCUT2D eigenvalue weighted by Crippen LogP contribution is 2.18. The first-order valence-corrected chi connectivity index (χ1v) is 8.08. The molecule has 0 aliphatic rings. The van der Waals surface area contributed by atoms with Gasteiger partial charge in [-0.2, -0.15) is 0 Å². The Labute approximate surface area is 155 Å². The average Bonchev–Trinajstić information content (AvgIpc) is 2.61. The van der Waals surface area contributed by atoms with Crippen LogP contribution in [0.3, 0.4) is 0 Å². The highest BCUT2D eigenvalue weighted by Gasteiger charge is 2.07. The molecule has 6 heteroatoms. The summed E-state index contributed by atoms with van der Waals surface area (Å²) < 4.78 is 10.7. The molecule has 0 atom stereocenters. The average molecular weight is 365 g/mol. The summed E-state index contributed by atoms with van der Waals surface area (Å²) in [5.41, 5.74) is 1.91. The van der Waals surface area contributed by atoms with Crippen LogP contribution in [0.25, 0.3) is 0 Å². The normalized spacial score (nSPS) is 9.84. The van der Waals surface area contributed by atoms with E-state index in [0.717, 1.165) is 35.8 Å². The van der Waals surface area contributed by atoms with Gasteiger partial charge in [-0.1, -0.05) is 25.1 Å². The predicted molar refractivity (Wildman–Crippen MR) is 103 cm³/mol. The molecule has 0 heterocycles. The third-order valence-corrected chi connectivity index (χ3v) is 3.51. The molecule has 5 nitrogen and oxygen atoms in total. The van der Waals surface area contributed by atoms with Crippen LogP contribution in [0.2, 0.25) is 0 Å². The van der Waals surface area contributed by atoms with Crippen LogP contribution in [-0.4, -0.2) is 26.2 Å². The van der Waals surface area contributed by atoms with Gasteiger partial charge in [-0.25, -0.2) is 0 Å². The number of methoxy groups -OCH3 is 1. The third kappa shape index (κ3) is 7.03. The predicted octanol–water partition coefficient (Wildman–Crippen LogP) is 3.63. The van der Waals surface area contributed by atoms with Crippen molar-refractivity contribution in [1.82, 2.24) is 5.32 Å². The Morgan fingerprint density at radius 3 is 2.40 bits per heavy atom. The summed E-state index contributed by atoms with van der Waals surface area (Å²) in [4.78, 5) is 12.1. The zero-order chi connectivity index (χ0) is 17.2. The van der Waals surface area contributed by atoms with Gasteiger partial charge in [0.15, 0.2) is 0 Å². The maximum atomic E-state index is 12.1. The zero-order valence-corrected chi connectivity index (χ0v) is 15.4. The fourth-order valence-electron chi connectivity index (χ4n) is 2.20. The van der Waals surface area contributed by atoms with Gasteiger partial charge >= 0.3 is 0 Å². The first kappa shape index (κ1) is 20.8. The van der Waals surface area contributed by atoms with Crippen LogP contribution in [0.15, 0.2) is 48.5 Å². The van der Waals surface area contributed by atoms with E-state index in [2.05, 4.69) is 17.6 Å². The summed E-state index contributed by atoms with van der Waals surface area (Å²) in [6.07, 6.45) is 0.293. The number of halogens is 1. The molecule has 0 aliphatic carbocycles. The van der Waals surface area contributed by atoms with E-state index < -0.39 is 0 Å². The molecule has 2 rings (SSSR count). The molecule has 0 aromatic heterocycles. The minimum Gasteiger partial charge on any atom is -0.497 e. The molecule has 0 radical (unpaired) electrons. The van der Waals surface area contributed by atoms with Crippen molar-refractivity contribution < 1.29 is 14.3 Å². The van der Waals surface area contributed by atoms with E-state index in [4.69, 9.17) is 9.47 Å². The lowest BCUT2D eigenvalue weighted by Gasteiger charge is -2.12. The second-order valence-corrected chi connectivity index (χ2v) is 5.26. The van der Waals surface area contributed by atoms with Crippen molar-refractivity contribution in [1.29, 1.82) is 0 Å². The number of nitrogens with one attached hydrogen (secondary N) is 2. The quantitative estimate of drug-likeness (QED) is 0.713. The number of carbonyl (C=O) groups excluding carboxylic acids is 1. The molecule has 0 aliphatic heterocycles. The van der Waals surface area contributed by atoms with Crippen molar-refractivity contribution in [3.8, 4) is 11.5 Å². The van der Waals surface area contributed by atoms with Gasteiger partial charge in [-0.3, -0.25) is 4.79 Å². The molecule has 0 bridgehead atoms. The van der Waals surface area contributed by atoms with Gasteiger partial charge in [0.2, 0.25) is 5.91 Å². The van der Waals surface area contributed by atoms with Crippen molar-refractivity contribution in [2.45, 2.75) is 19.9 Å². The van der Waals surface area contributed by atoms with E-state index in [-0.39, 0.29) is 18.3 Å². The standard InChI is InChI=1S/C19H24N2O3.ClH/c1-3-20-14-15-6-4-5-7-18(15)21-19(22)12-13-24-17-10-8-16(23-2)9-11-17;/h4-11,20H,3,12-14H2,1-2H3,(H,21,22);1H. The number of rotatable bonds is 9.